The third-order valence-corrected chi connectivity index (χ3v) is 3.88. The van der Waals surface area contributed by atoms with E-state index in [1.54, 1.807) is 6.20 Å². The van der Waals surface area contributed by atoms with Gasteiger partial charge in [0.15, 0.2) is 0 Å². The summed E-state index contributed by atoms with van der Waals surface area (Å²) in [4.78, 5) is 4.12. The molecule has 1 heterocycles. The molecule has 0 aliphatic carbocycles. The summed E-state index contributed by atoms with van der Waals surface area (Å²) in [5, 5.41) is 3.94. The number of anilines is 1. The molecule has 2 nitrogen and oxygen atoms in total. The molecule has 0 aliphatic rings. The number of pyridine rings is 1. The average Bonchev–Trinajstić information content (AvgIpc) is 2.41. The van der Waals surface area contributed by atoms with Crippen LogP contribution in [0.3, 0.4) is 0 Å². The maximum Gasteiger partial charge on any atom is 0.143 e. The van der Waals surface area contributed by atoms with E-state index in [1.165, 1.54) is 5.56 Å². The molecule has 1 aromatic heterocycles. The Bertz CT molecular complexity index is 516. The highest BCUT2D eigenvalue weighted by Gasteiger charge is 2.09. The van der Waals surface area contributed by atoms with E-state index < -0.39 is 0 Å². The second-order valence-electron chi connectivity index (χ2n) is 4.01. The van der Waals surface area contributed by atoms with Gasteiger partial charge < -0.3 is 5.32 Å². The minimum absolute atomic E-state index is 0.279. The molecule has 1 unspecified atom stereocenters. The summed E-state index contributed by atoms with van der Waals surface area (Å²) in [7, 11) is 0. The fraction of sp³-hybridized carbons (Fsp3) is 0.214. The van der Waals surface area contributed by atoms with Crippen molar-refractivity contribution in [3.63, 3.8) is 0 Å². The molecular formula is C14H14BrClN2. The summed E-state index contributed by atoms with van der Waals surface area (Å²) in [5.74, 6) is 0. The number of nitrogens with one attached hydrogen (secondary N) is 1. The van der Waals surface area contributed by atoms with Crippen molar-refractivity contribution in [3.8, 4) is 0 Å². The predicted molar refractivity (Wildman–Crippen MR) is 80.0 cm³/mol. The smallest absolute Gasteiger partial charge is 0.143 e. The molecule has 2 rings (SSSR count). The molecule has 4 heteroatoms. The van der Waals surface area contributed by atoms with E-state index in [0.717, 1.165) is 16.6 Å². The Morgan fingerprint density at radius 1 is 1.33 bits per heavy atom. The lowest BCUT2D eigenvalue weighted by atomic mass is 10.0. The maximum atomic E-state index is 5.88. The van der Waals surface area contributed by atoms with E-state index >= 15 is 0 Å². The standard InChI is InChI=1S/C14H14BrClN2/c1-2-13(10-6-4-3-5-7-10)18-11-8-12(15)14(16)17-9-11/h3-9,13,18H,2H2,1H3. The fourth-order valence-electron chi connectivity index (χ4n) is 1.81. The molecule has 0 saturated carbocycles. The van der Waals surface area contributed by atoms with Gasteiger partial charge in [-0.1, -0.05) is 48.9 Å². The minimum atomic E-state index is 0.279. The number of aromatic nitrogens is 1. The van der Waals surface area contributed by atoms with Crippen LogP contribution in [-0.4, -0.2) is 4.98 Å². The van der Waals surface area contributed by atoms with Crippen LogP contribution < -0.4 is 5.32 Å². The van der Waals surface area contributed by atoms with Crippen LogP contribution in [0.1, 0.15) is 24.9 Å². The molecule has 94 valence electrons. The van der Waals surface area contributed by atoms with Crippen molar-refractivity contribution in [1.82, 2.24) is 4.98 Å². The Morgan fingerprint density at radius 2 is 2.06 bits per heavy atom. The highest BCUT2D eigenvalue weighted by atomic mass is 79.9. The van der Waals surface area contributed by atoms with Crippen LogP contribution in [0.4, 0.5) is 5.69 Å². The molecule has 0 spiro atoms. The van der Waals surface area contributed by atoms with E-state index in [0.29, 0.717) is 5.15 Å². The van der Waals surface area contributed by atoms with E-state index in [2.05, 4.69) is 57.4 Å². The Balaban J connectivity index is 2.18. The number of nitrogens with zero attached hydrogens (tertiary/aromatic N) is 1. The van der Waals surface area contributed by atoms with E-state index in [4.69, 9.17) is 11.6 Å². The first-order valence-electron chi connectivity index (χ1n) is 5.83. The van der Waals surface area contributed by atoms with Crippen molar-refractivity contribution in [2.24, 2.45) is 0 Å². The third-order valence-electron chi connectivity index (χ3n) is 2.75. The van der Waals surface area contributed by atoms with Crippen molar-refractivity contribution in [3.05, 3.63) is 57.8 Å². The Kier molecular flexibility index (Phi) is 4.61. The Hall–Kier alpha value is -1.06. The Morgan fingerprint density at radius 3 is 2.67 bits per heavy atom. The van der Waals surface area contributed by atoms with Crippen LogP contribution in [0.5, 0.6) is 0 Å². The van der Waals surface area contributed by atoms with Gasteiger partial charge in [0.2, 0.25) is 0 Å². The molecule has 0 saturated heterocycles. The third kappa shape index (κ3) is 3.24. The van der Waals surface area contributed by atoms with E-state index in [1.807, 2.05) is 12.1 Å². The number of hydrogen-bond acceptors (Lipinski definition) is 2. The van der Waals surface area contributed by atoms with Gasteiger partial charge in [-0.15, -0.1) is 0 Å². The number of hydrogen-bond donors (Lipinski definition) is 1. The molecule has 1 aromatic carbocycles. The van der Waals surface area contributed by atoms with Gasteiger partial charge in [-0.05, 0) is 34.0 Å². The van der Waals surface area contributed by atoms with Gasteiger partial charge >= 0.3 is 0 Å². The minimum Gasteiger partial charge on any atom is -0.377 e. The summed E-state index contributed by atoms with van der Waals surface area (Å²) < 4.78 is 0.803. The van der Waals surface area contributed by atoms with Crippen molar-refractivity contribution in [2.45, 2.75) is 19.4 Å². The van der Waals surface area contributed by atoms with Gasteiger partial charge in [-0.3, -0.25) is 0 Å². The highest BCUT2D eigenvalue weighted by molar-refractivity contribution is 9.10. The lowest BCUT2D eigenvalue weighted by Gasteiger charge is -2.18. The monoisotopic (exact) mass is 324 g/mol. The quantitative estimate of drug-likeness (QED) is 0.795. The van der Waals surface area contributed by atoms with Gasteiger partial charge in [-0.2, -0.15) is 0 Å². The molecular weight excluding hydrogens is 312 g/mol. The first kappa shape index (κ1) is 13.4. The topological polar surface area (TPSA) is 24.9 Å². The maximum absolute atomic E-state index is 5.88. The first-order valence-corrected chi connectivity index (χ1v) is 7.00. The molecule has 0 fully saturated rings. The normalized spacial score (nSPS) is 12.2. The van der Waals surface area contributed by atoms with Crippen molar-refractivity contribution in [2.75, 3.05) is 5.32 Å². The molecule has 1 N–H and O–H groups in total. The number of halogens is 2. The van der Waals surface area contributed by atoms with E-state index in [-0.39, 0.29) is 6.04 Å². The van der Waals surface area contributed by atoms with Crippen LogP contribution in [0.25, 0.3) is 0 Å². The second kappa shape index (κ2) is 6.21. The summed E-state index contributed by atoms with van der Waals surface area (Å²) in [6, 6.07) is 12.6. The molecule has 0 radical (unpaired) electrons. The van der Waals surface area contributed by atoms with Crippen LogP contribution >= 0.6 is 27.5 Å². The zero-order chi connectivity index (χ0) is 13.0. The number of benzene rings is 1. The summed E-state index contributed by atoms with van der Waals surface area (Å²) in [6.45, 7) is 2.16. The van der Waals surface area contributed by atoms with Crippen LogP contribution in [0.15, 0.2) is 47.1 Å². The van der Waals surface area contributed by atoms with Gasteiger partial charge in [0.1, 0.15) is 5.15 Å². The summed E-state index contributed by atoms with van der Waals surface area (Å²) in [5.41, 5.74) is 2.23. The zero-order valence-electron chi connectivity index (χ0n) is 10.0. The lowest BCUT2D eigenvalue weighted by molar-refractivity contribution is 0.748. The largest absolute Gasteiger partial charge is 0.377 e. The molecule has 0 bridgehead atoms. The van der Waals surface area contributed by atoms with Crippen LogP contribution in [0.2, 0.25) is 5.15 Å². The van der Waals surface area contributed by atoms with Crippen molar-refractivity contribution < 1.29 is 0 Å². The molecule has 0 aliphatic heterocycles. The van der Waals surface area contributed by atoms with Crippen molar-refractivity contribution >= 4 is 33.2 Å². The average molecular weight is 326 g/mol. The van der Waals surface area contributed by atoms with Crippen molar-refractivity contribution in [1.29, 1.82) is 0 Å². The first-order chi connectivity index (χ1) is 8.70. The van der Waals surface area contributed by atoms with Gasteiger partial charge in [0.25, 0.3) is 0 Å². The summed E-state index contributed by atoms with van der Waals surface area (Å²) in [6.07, 6.45) is 2.75. The number of rotatable bonds is 4. The zero-order valence-corrected chi connectivity index (χ0v) is 12.4. The second-order valence-corrected chi connectivity index (χ2v) is 5.22. The summed E-state index contributed by atoms with van der Waals surface area (Å²) >= 11 is 9.26. The van der Waals surface area contributed by atoms with Crippen LogP contribution in [-0.2, 0) is 0 Å². The molecule has 2 aromatic rings. The predicted octanol–water partition coefficient (Wildman–Crippen LogP) is 5.06. The lowest BCUT2D eigenvalue weighted by Crippen LogP contribution is -2.09. The fourth-order valence-corrected chi connectivity index (χ4v) is 2.26. The molecule has 1 atom stereocenters. The SMILES string of the molecule is CCC(Nc1cnc(Cl)c(Br)c1)c1ccccc1. The van der Waals surface area contributed by atoms with E-state index in [9.17, 15) is 0 Å². The van der Waals surface area contributed by atoms with Gasteiger partial charge in [-0.25, -0.2) is 4.98 Å². The molecule has 18 heavy (non-hydrogen) atoms. The molecule has 0 amide bonds. The Labute approximate surface area is 121 Å². The highest BCUT2D eigenvalue weighted by Crippen LogP contribution is 2.26. The van der Waals surface area contributed by atoms with Gasteiger partial charge in [0, 0.05) is 0 Å². The van der Waals surface area contributed by atoms with Gasteiger partial charge in [0.05, 0.1) is 22.4 Å². The van der Waals surface area contributed by atoms with Crippen LogP contribution in [0, 0.1) is 0 Å².